The summed E-state index contributed by atoms with van der Waals surface area (Å²) in [5, 5.41) is 15.4. The van der Waals surface area contributed by atoms with E-state index in [9.17, 15) is 38.4 Å². The monoisotopic (exact) mass is 893 g/mol. The van der Waals surface area contributed by atoms with E-state index in [1.165, 1.54) is 0 Å². The van der Waals surface area contributed by atoms with Gasteiger partial charge in [-0.3, -0.25) is 33.6 Å². The van der Waals surface area contributed by atoms with Gasteiger partial charge in [0, 0.05) is 52.7 Å². The van der Waals surface area contributed by atoms with Gasteiger partial charge in [0.15, 0.2) is 0 Å². The maximum absolute atomic E-state index is 14.0. The van der Waals surface area contributed by atoms with Gasteiger partial charge in [0.05, 0.1) is 41.9 Å². The van der Waals surface area contributed by atoms with Crippen molar-refractivity contribution in [3.8, 4) is 11.4 Å². The molecule has 322 valence electrons. The molecule has 0 saturated heterocycles. The molecular formula is C43H52BrN5O11. The Bertz CT molecular complexity index is 2290. The normalized spacial score (nSPS) is 16.6. The zero-order valence-corrected chi connectivity index (χ0v) is 36.1. The van der Waals surface area contributed by atoms with Crippen molar-refractivity contribution >= 4 is 68.2 Å². The molecular weight excluding hydrogens is 842 g/mol. The predicted molar refractivity (Wildman–Crippen MR) is 222 cm³/mol. The number of amides is 3. The minimum atomic E-state index is -1.93. The number of aliphatic carboxylic acids is 1. The number of carboxylic acid groups (broad SMARTS) is 1. The molecule has 60 heavy (non-hydrogen) atoms. The highest BCUT2D eigenvalue weighted by atomic mass is 79.9. The number of esters is 2. The summed E-state index contributed by atoms with van der Waals surface area (Å²) in [4.78, 5) is 108. The smallest absolute Gasteiger partial charge is 0.355 e. The first-order chi connectivity index (χ1) is 28.3. The third-order valence-corrected chi connectivity index (χ3v) is 11.8. The van der Waals surface area contributed by atoms with E-state index < -0.39 is 64.4 Å². The first kappa shape index (κ1) is 45.6. The number of hydrogen-bond acceptors (Lipinski definition) is 11. The molecule has 0 saturated carbocycles. The van der Waals surface area contributed by atoms with E-state index in [1.807, 2.05) is 24.3 Å². The summed E-state index contributed by atoms with van der Waals surface area (Å²) in [6, 6.07) is 8.23. The minimum Gasteiger partial charge on any atom is -0.481 e. The average molecular weight is 895 g/mol. The summed E-state index contributed by atoms with van der Waals surface area (Å²) in [5.74, 6) is -5.88. The number of nitrogens with two attached hydrogens (primary N) is 1. The van der Waals surface area contributed by atoms with Gasteiger partial charge >= 0.3 is 17.9 Å². The van der Waals surface area contributed by atoms with Gasteiger partial charge in [-0.05, 0) is 54.9 Å². The van der Waals surface area contributed by atoms with Crippen LogP contribution in [-0.4, -0.2) is 68.7 Å². The number of hydrogen-bond donors (Lipinski definition) is 4. The minimum absolute atomic E-state index is 0.0325. The number of ether oxygens (including phenoxy) is 2. The number of cyclic esters (lactones) is 1. The Morgan fingerprint density at radius 1 is 1.07 bits per heavy atom. The fourth-order valence-corrected chi connectivity index (χ4v) is 8.15. The molecule has 17 heteroatoms. The first-order valence-corrected chi connectivity index (χ1v) is 20.9. The van der Waals surface area contributed by atoms with Crippen LogP contribution in [0, 0.1) is 17.3 Å². The van der Waals surface area contributed by atoms with Gasteiger partial charge in [-0.15, -0.1) is 0 Å². The third-order valence-electron chi connectivity index (χ3n) is 11.1. The summed E-state index contributed by atoms with van der Waals surface area (Å²) in [5.41, 5.74) is 5.06. The van der Waals surface area contributed by atoms with Crippen LogP contribution in [0.3, 0.4) is 0 Å². The number of carbonyl (C=O) groups excluding carboxylic acids is 6. The molecule has 5 N–H and O–H groups in total. The van der Waals surface area contributed by atoms with Gasteiger partial charge in [0.25, 0.3) is 5.56 Å². The van der Waals surface area contributed by atoms with Crippen LogP contribution in [0.5, 0.6) is 0 Å². The van der Waals surface area contributed by atoms with E-state index in [0.29, 0.717) is 29.7 Å². The summed E-state index contributed by atoms with van der Waals surface area (Å²) in [6.07, 6.45) is -0.132. The number of primary amides is 1. The zero-order chi connectivity index (χ0) is 44.1. The number of Topliss-reactive ketones (excluding diaryl/α,β-unsaturated/α-hetero) is 1. The fraction of sp³-hybridized carbons (Fsp3) is 0.512. The van der Waals surface area contributed by atoms with Crippen LogP contribution in [0.15, 0.2) is 39.6 Å². The number of ketones is 1. The lowest BCUT2D eigenvalue weighted by atomic mass is 9.84. The molecule has 3 amide bonds. The maximum atomic E-state index is 14.0. The van der Waals surface area contributed by atoms with Crippen molar-refractivity contribution in [1.29, 1.82) is 0 Å². The van der Waals surface area contributed by atoms with Crippen LogP contribution in [0.1, 0.15) is 109 Å². The Kier molecular flexibility index (Phi) is 14.3. The number of halogens is 1. The van der Waals surface area contributed by atoms with Crippen molar-refractivity contribution in [2.75, 3.05) is 6.54 Å². The van der Waals surface area contributed by atoms with Gasteiger partial charge in [0.2, 0.25) is 23.3 Å². The van der Waals surface area contributed by atoms with Gasteiger partial charge in [-0.25, -0.2) is 9.78 Å². The van der Waals surface area contributed by atoms with Crippen molar-refractivity contribution in [2.24, 2.45) is 23.0 Å². The molecule has 4 heterocycles. The Labute approximate surface area is 355 Å². The number of unbranched alkanes of at least 4 members (excludes halogenated alkanes) is 1. The molecule has 3 aromatic rings. The number of nitrogens with zero attached hydrogens (tertiary/aromatic N) is 2. The second-order valence-corrected chi connectivity index (χ2v) is 17.5. The molecule has 0 fully saturated rings. The number of carboxylic acids is 1. The summed E-state index contributed by atoms with van der Waals surface area (Å²) in [6.45, 7) is 8.48. The molecule has 2 aliphatic rings. The average Bonchev–Trinajstić information content (AvgIpc) is 3.54. The van der Waals surface area contributed by atoms with Crippen molar-refractivity contribution in [3.05, 3.63) is 61.8 Å². The second kappa shape index (κ2) is 18.9. The van der Waals surface area contributed by atoms with Crippen LogP contribution in [0.4, 0.5) is 0 Å². The lowest BCUT2D eigenvalue weighted by Crippen LogP contribution is -2.51. The summed E-state index contributed by atoms with van der Waals surface area (Å²) >= 11 is 3.57. The van der Waals surface area contributed by atoms with Crippen LogP contribution in [-0.2, 0) is 61.8 Å². The van der Waals surface area contributed by atoms with E-state index in [-0.39, 0.29) is 87.2 Å². The lowest BCUT2D eigenvalue weighted by molar-refractivity contribution is -0.190. The van der Waals surface area contributed by atoms with E-state index in [1.54, 1.807) is 45.3 Å². The number of benzene rings is 1. The van der Waals surface area contributed by atoms with Crippen molar-refractivity contribution < 1.29 is 48.1 Å². The highest BCUT2D eigenvalue weighted by Crippen LogP contribution is 2.42. The fourth-order valence-electron chi connectivity index (χ4n) is 7.68. The molecule has 0 radical (unpaired) electrons. The molecule has 16 nitrogen and oxygen atoms in total. The SMILES string of the molecule is CC[C@@]1(OC(=O)CC(C)(C)CNC(=O)[C@H](CCCCC(N)=O)NC(=O)[C@@H](CC(=O)CCC(=O)O)C(C)C)C(=O)OCc2c1cc1n(c2=O)Cc2cc3c(Br)cccc3nc2-1. The Morgan fingerprint density at radius 3 is 2.47 bits per heavy atom. The van der Waals surface area contributed by atoms with Crippen LogP contribution in [0.2, 0.25) is 0 Å². The van der Waals surface area contributed by atoms with Crippen LogP contribution < -0.4 is 21.9 Å². The van der Waals surface area contributed by atoms with Gasteiger partial charge in [0.1, 0.15) is 18.4 Å². The Balaban J connectivity index is 1.31. The zero-order valence-electron chi connectivity index (χ0n) is 34.5. The second-order valence-electron chi connectivity index (χ2n) is 16.7. The first-order valence-electron chi connectivity index (χ1n) is 20.1. The maximum Gasteiger partial charge on any atom is 0.355 e. The van der Waals surface area contributed by atoms with Gasteiger partial charge in [-0.1, -0.05) is 63.0 Å². The van der Waals surface area contributed by atoms with Crippen LogP contribution >= 0.6 is 15.9 Å². The van der Waals surface area contributed by atoms with Gasteiger partial charge < -0.3 is 35.5 Å². The molecule has 5 rings (SSSR count). The quantitative estimate of drug-likeness (QED) is 0.0706. The topological polar surface area (TPSA) is 243 Å². The number of rotatable bonds is 20. The Morgan fingerprint density at radius 2 is 1.80 bits per heavy atom. The predicted octanol–water partition coefficient (Wildman–Crippen LogP) is 4.55. The molecule has 1 aromatic carbocycles. The number of fused-ring (bicyclic) bond motifs is 5. The molecule has 2 aromatic heterocycles. The molecule has 0 spiro atoms. The number of nitrogens with one attached hydrogen (secondary N) is 2. The Hall–Kier alpha value is -5.45. The van der Waals surface area contributed by atoms with E-state index in [4.69, 9.17) is 25.3 Å². The molecule has 3 atom stereocenters. The molecule has 0 unspecified atom stereocenters. The van der Waals surface area contributed by atoms with Crippen molar-refractivity contribution in [1.82, 2.24) is 20.2 Å². The third kappa shape index (κ3) is 10.3. The van der Waals surface area contributed by atoms with E-state index >= 15 is 0 Å². The van der Waals surface area contributed by atoms with Crippen molar-refractivity contribution in [2.45, 2.75) is 117 Å². The molecule has 2 aliphatic heterocycles. The van der Waals surface area contributed by atoms with Gasteiger partial charge in [-0.2, -0.15) is 0 Å². The summed E-state index contributed by atoms with van der Waals surface area (Å²) < 4.78 is 14.0. The van der Waals surface area contributed by atoms with Crippen LogP contribution in [0.25, 0.3) is 22.3 Å². The van der Waals surface area contributed by atoms with Crippen molar-refractivity contribution in [3.63, 3.8) is 0 Å². The molecule has 0 bridgehead atoms. The van der Waals surface area contributed by atoms with E-state index in [0.717, 1.165) is 15.4 Å². The molecule has 0 aliphatic carbocycles. The van der Waals surface area contributed by atoms with E-state index in [2.05, 4.69) is 26.6 Å². The number of aromatic nitrogens is 2. The lowest BCUT2D eigenvalue weighted by Gasteiger charge is -2.36. The highest BCUT2D eigenvalue weighted by molar-refractivity contribution is 9.10. The number of carbonyl (C=O) groups is 7. The highest BCUT2D eigenvalue weighted by Gasteiger charge is 2.51. The number of pyridine rings is 2. The summed E-state index contributed by atoms with van der Waals surface area (Å²) in [7, 11) is 0. The standard InChI is InChI=1S/C43H52BrN5O11/c1-6-43(29-18-33-37-24(16-27-30(44)10-9-12-31(27)47-37)20-49(33)40(57)28(29)21-59-41(43)58)60-36(54)19-42(4,5)22-46-39(56)32(11-7-8-13-34(45)51)48-38(55)26(23(2)3)17-25(50)14-15-35(52)53/h9-10,12,16,18,23,26,32H,6-8,11,13-15,17,19-22H2,1-5H3,(H2,45,51)(H,46,56)(H,48,55)(H,52,53)/t26-,32-,43-/m0/s1. The largest absolute Gasteiger partial charge is 0.481 e.